The normalized spacial score (nSPS) is 12.1. The van der Waals surface area contributed by atoms with Gasteiger partial charge in [-0.25, -0.2) is 21.9 Å². The number of benzene rings is 1. The molecular weight excluding hydrogens is 274 g/mol. The minimum Gasteiger partial charge on any atom is -0.399 e. The third-order valence-electron chi connectivity index (χ3n) is 3.01. The Morgan fingerprint density at radius 2 is 1.68 bits per heavy atom. The van der Waals surface area contributed by atoms with Crippen molar-refractivity contribution >= 4 is 15.7 Å². The average Bonchev–Trinajstić information content (AvgIpc) is 2.28. The first-order chi connectivity index (χ1) is 8.81. The number of nitrogens with one attached hydrogen (secondary N) is 1. The molecule has 0 aromatic heterocycles. The molecule has 0 saturated heterocycles. The van der Waals surface area contributed by atoms with Crippen LogP contribution in [-0.4, -0.2) is 15.0 Å². The van der Waals surface area contributed by atoms with Gasteiger partial charge in [-0.2, -0.15) is 0 Å². The highest BCUT2D eigenvalue weighted by Crippen LogP contribution is 2.21. The second kappa shape index (κ2) is 6.29. The van der Waals surface area contributed by atoms with Crippen LogP contribution in [0, 0.1) is 17.6 Å². The van der Waals surface area contributed by atoms with Crippen LogP contribution in [0.3, 0.4) is 0 Å². The van der Waals surface area contributed by atoms with E-state index in [2.05, 4.69) is 4.72 Å². The smallest absolute Gasteiger partial charge is 0.246 e. The van der Waals surface area contributed by atoms with Gasteiger partial charge in [0.25, 0.3) is 0 Å². The van der Waals surface area contributed by atoms with Gasteiger partial charge in [-0.05, 0) is 18.1 Å². The number of halogens is 2. The van der Waals surface area contributed by atoms with Gasteiger partial charge in [-0.15, -0.1) is 0 Å². The van der Waals surface area contributed by atoms with Crippen LogP contribution in [0.2, 0.25) is 0 Å². The first-order valence-electron chi connectivity index (χ1n) is 6.06. The fraction of sp³-hybridized carbons (Fsp3) is 0.500. The van der Waals surface area contributed by atoms with Gasteiger partial charge in [0.2, 0.25) is 10.0 Å². The number of hydrogen-bond acceptors (Lipinski definition) is 3. The molecule has 19 heavy (non-hydrogen) atoms. The van der Waals surface area contributed by atoms with E-state index < -0.39 is 26.6 Å². The molecular formula is C12H18F2N2O2S. The van der Waals surface area contributed by atoms with Crippen molar-refractivity contribution in [1.82, 2.24) is 4.72 Å². The number of anilines is 1. The van der Waals surface area contributed by atoms with Crippen molar-refractivity contribution in [2.45, 2.75) is 31.6 Å². The third kappa shape index (κ3) is 3.87. The fourth-order valence-electron chi connectivity index (χ4n) is 1.71. The molecule has 3 N–H and O–H groups in total. The zero-order valence-corrected chi connectivity index (χ0v) is 11.7. The summed E-state index contributed by atoms with van der Waals surface area (Å²) in [6.45, 7) is 4.00. The third-order valence-corrected chi connectivity index (χ3v) is 4.48. The summed E-state index contributed by atoms with van der Waals surface area (Å²) in [7, 11) is -4.21. The lowest BCUT2D eigenvalue weighted by Gasteiger charge is -2.14. The minimum atomic E-state index is -4.21. The van der Waals surface area contributed by atoms with E-state index in [1.54, 1.807) is 0 Å². The second-order valence-electron chi connectivity index (χ2n) is 4.35. The van der Waals surface area contributed by atoms with Gasteiger partial charge >= 0.3 is 0 Å². The van der Waals surface area contributed by atoms with Gasteiger partial charge in [0.15, 0.2) is 4.90 Å². The van der Waals surface area contributed by atoms with Crippen molar-refractivity contribution in [3.05, 3.63) is 23.8 Å². The summed E-state index contributed by atoms with van der Waals surface area (Å²) in [6.07, 6.45) is 1.57. The number of nitrogens with two attached hydrogens (primary N) is 1. The van der Waals surface area contributed by atoms with Gasteiger partial charge in [-0.1, -0.05) is 26.7 Å². The number of rotatable bonds is 6. The monoisotopic (exact) mass is 292 g/mol. The summed E-state index contributed by atoms with van der Waals surface area (Å²) in [5, 5.41) is 0. The first kappa shape index (κ1) is 15.8. The summed E-state index contributed by atoms with van der Waals surface area (Å²) < 4.78 is 53.1. The zero-order valence-electron chi connectivity index (χ0n) is 10.9. The Morgan fingerprint density at radius 3 is 2.11 bits per heavy atom. The van der Waals surface area contributed by atoms with Crippen LogP contribution in [0.15, 0.2) is 17.0 Å². The molecule has 7 heteroatoms. The Balaban J connectivity index is 3.01. The topological polar surface area (TPSA) is 72.2 Å². The zero-order chi connectivity index (χ0) is 14.6. The van der Waals surface area contributed by atoms with E-state index in [-0.39, 0.29) is 18.2 Å². The SMILES string of the molecule is CCC(CC)CNS(=O)(=O)c1c(F)cc(N)cc1F. The van der Waals surface area contributed by atoms with Crippen molar-refractivity contribution in [1.29, 1.82) is 0 Å². The van der Waals surface area contributed by atoms with Crippen molar-refractivity contribution in [2.24, 2.45) is 5.92 Å². The van der Waals surface area contributed by atoms with E-state index in [0.717, 1.165) is 25.0 Å². The molecule has 0 aliphatic carbocycles. The number of nitrogen functional groups attached to an aromatic ring is 1. The summed E-state index contributed by atoms with van der Waals surface area (Å²) in [4.78, 5) is -0.979. The highest BCUT2D eigenvalue weighted by atomic mass is 32.2. The molecule has 0 fully saturated rings. The lowest BCUT2D eigenvalue weighted by Crippen LogP contribution is -2.30. The molecule has 0 aliphatic heterocycles. The van der Waals surface area contributed by atoms with Gasteiger partial charge < -0.3 is 5.73 Å². The molecule has 0 atom stereocenters. The van der Waals surface area contributed by atoms with Gasteiger partial charge in [0.1, 0.15) is 11.6 Å². The first-order valence-corrected chi connectivity index (χ1v) is 7.54. The summed E-state index contributed by atoms with van der Waals surface area (Å²) in [6, 6.07) is 1.57. The maximum Gasteiger partial charge on any atom is 0.246 e. The van der Waals surface area contributed by atoms with E-state index in [0.29, 0.717) is 0 Å². The van der Waals surface area contributed by atoms with Crippen molar-refractivity contribution in [2.75, 3.05) is 12.3 Å². The second-order valence-corrected chi connectivity index (χ2v) is 6.05. The van der Waals surface area contributed by atoms with E-state index in [1.165, 1.54) is 0 Å². The highest BCUT2D eigenvalue weighted by molar-refractivity contribution is 7.89. The quantitative estimate of drug-likeness (QED) is 0.790. The fourth-order valence-corrected chi connectivity index (χ4v) is 2.94. The van der Waals surface area contributed by atoms with Crippen molar-refractivity contribution < 1.29 is 17.2 Å². The molecule has 1 rings (SSSR count). The van der Waals surface area contributed by atoms with E-state index in [1.807, 2.05) is 13.8 Å². The van der Waals surface area contributed by atoms with Crippen LogP contribution >= 0.6 is 0 Å². The molecule has 0 bridgehead atoms. The summed E-state index contributed by atoms with van der Waals surface area (Å²) in [5.74, 6) is -2.24. The molecule has 4 nitrogen and oxygen atoms in total. The standard InChI is InChI=1S/C12H18F2N2O2S/c1-3-8(4-2)7-16-19(17,18)12-10(13)5-9(15)6-11(12)14/h5-6,8,16H,3-4,7,15H2,1-2H3. The number of hydrogen-bond donors (Lipinski definition) is 2. The Hall–Kier alpha value is -1.21. The van der Waals surface area contributed by atoms with Crippen molar-refractivity contribution in [3.8, 4) is 0 Å². The van der Waals surface area contributed by atoms with Crippen molar-refractivity contribution in [3.63, 3.8) is 0 Å². The highest BCUT2D eigenvalue weighted by Gasteiger charge is 2.25. The average molecular weight is 292 g/mol. The van der Waals surface area contributed by atoms with Gasteiger partial charge in [0, 0.05) is 12.2 Å². The molecule has 0 unspecified atom stereocenters. The molecule has 0 saturated carbocycles. The van der Waals surface area contributed by atoms with Crippen LogP contribution in [0.1, 0.15) is 26.7 Å². The Kier molecular flexibility index (Phi) is 5.25. The van der Waals surface area contributed by atoms with E-state index in [4.69, 9.17) is 5.73 Å². The number of sulfonamides is 1. The summed E-state index contributed by atoms with van der Waals surface area (Å²) >= 11 is 0. The molecule has 0 amide bonds. The molecule has 1 aromatic rings. The van der Waals surface area contributed by atoms with Crippen LogP contribution in [0.5, 0.6) is 0 Å². The maximum atomic E-state index is 13.6. The van der Waals surface area contributed by atoms with Gasteiger partial charge in [-0.3, -0.25) is 0 Å². The minimum absolute atomic E-state index is 0.134. The Morgan fingerprint density at radius 1 is 1.21 bits per heavy atom. The molecule has 0 aliphatic rings. The molecule has 108 valence electrons. The molecule has 0 spiro atoms. The van der Waals surface area contributed by atoms with Crippen LogP contribution < -0.4 is 10.5 Å². The van der Waals surface area contributed by atoms with E-state index in [9.17, 15) is 17.2 Å². The summed E-state index contributed by atoms with van der Waals surface area (Å²) in [5.41, 5.74) is 5.08. The van der Waals surface area contributed by atoms with Crippen LogP contribution in [-0.2, 0) is 10.0 Å². The molecule has 0 radical (unpaired) electrons. The predicted molar refractivity (Wildman–Crippen MR) is 70.0 cm³/mol. The largest absolute Gasteiger partial charge is 0.399 e. The van der Waals surface area contributed by atoms with Crippen LogP contribution in [0.4, 0.5) is 14.5 Å². The van der Waals surface area contributed by atoms with Gasteiger partial charge in [0.05, 0.1) is 0 Å². The van der Waals surface area contributed by atoms with E-state index >= 15 is 0 Å². The molecule has 0 heterocycles. The lowest BCUT2D eigenvalue weighted by molar-refractivity contribution is 0.472. The Bertz CT molecular complexity index is 520. The lowest BCUT2D eigenvalue weighted by atomic mass is 10.0. The molecule has 1 aromatic carbocycles. The predicted octanol–water partition coefficient (Wildman–Crippen LogP) is 2.26. The maximum absolute atomic E-state index is 13.6. The Labute approximate surface area is 112 Å². The van der Waals surface area contributed by atoms with Crippen LogP contribution in [0.25, 0.3) is 0 Å².